The van der Waals surface area contributed by atoms with E-state index < -0.39 is 21.8 Å². The van der Waals surface area contributed by atoms with Crippen LogP contribution in [0.5, 0.6) is 0 Å². The maximum absolute atomic E-state index is 12.6. The lowest BCUT2D eigenvalue weighted by atomic mass is 10.1. The first-order valence-corrected chi connectivity index (χ1v) is 10.4. The summed E-state index contributed by atoms with van der Waals surface area (Å²) in [6, 6.07) is 15.0. The van der Waals surface area contributed by atoms with Gasteiger partial charge in [0.05, 0.1) is 23.1 Å². The zero-order chi connectivity index (χ0) is 21.7. The number of rotatable bonds is 7. The van der Waals surface area contributed by atoms with Gasteiger partial charge in [0.1, 0.15) is 6.54 Å². The number of benzene rings is 2. The first-order valence-electron chi connectivity index (χ1n) is 8.92. The number of hydrogen-bond donors (Lipinski definition) is 3. The van der Waals surface area contributed by atoms with E-state index in [1.165, 1.54) is 25.2 Å². The molecule has 3 rings (SSSR count). The zero-order valence-electron chi connectivity index (χ0n) is 16.0. The zero-order valence-corrected chi connectivity index (χ0v) is 16.9. The van der Waals surface area contributed by atoms with Crippen molar-refractivity contribution in [1.29, 1.82) is 5.26 Å². The van der Waals surface area contributed by atoms with Crippen LogP contribution in [0.1, 0.15) is 10.4 Å². The molecule has 0 radical (unpaired) electrons. The number of amides is 2. The fourth-order valence-electron chi connectivity index (χ4n) is 2.95. The predicted octanol–water partition coefficient (Wildman–Crippen LogP) is 1.44. The summed E-state index contributed by atoms with van der Waals surface area (Å²) in [5.74, 6) is -0.965. The largest absolute Gasteiger partial charge is 0.343 e. The summed E-state index contributed by atoms with van der Waals surface area (Å²) < 4.78 is 27.6. The molecule has 0 unspecified atom stereocenters. The number of para-hydroxylation sites is 1. The van der Waals surface area contributed by atoms with Crippen molar-refractivity contribution in [2.24, 2.45) is 0 Å². The number of hydrogen-bond acceptors (Lipinski definition) is 5. The van der Waals surface area contributed by atoms with Gasteiger partial charge in [-0.25, -0.2) is 13.1 Å². The quantitative estimate of drug-likeness (QED) is 0.527. The normalized spacial score (nSPS) is 11.1. The Morgan fingerprint density at radius 2 is 1.90 bits per heavy atom. The highest BCUT2D eigenvalue weighted by Crippen LogP contribution is 2.21. The fourth-order valence-corrected chi connectivity index (χ4v) is 3.73. The second kappa shape index (κ2) is 8.77. The van der Waals surface area contributed by atoms with E-state index in [0.717, 1.165) is 5.52 Å². The highest BCUT2D eigenvalue weighted by Gasteiger charge is 2.16. The molecule has 3 aromatic rings. The van der Waals surface area contributed by atoms with E-state index in [-0.39, 0.29) is 23.7 Å². The van der Waals surface area contributed by atoms with Crippen molar-refractivity contribution in [2.45, 2.75) is 11.4 Å². The van der Waals surface area contributed by atoms with Crippen LogP contribution in [0.3, 0.4) is 0 Å². The van der Waals surface area contributed by atoms with Crippen LogP contribution in [-0.2, 0) is 21.4 Å². The lowest BCUT2D eigenvalue weighted by Crippen LogP contribution is -2.32. The molecule has 30 heavy (non-hydrogen) atoms. The van der Waals surface area contributed by atoms with Gasteiger partial charge >= 0.3 is 0 Å². The van der Waals surface area contributed by atoms with Crippen LogP contribution in [-0.4, -0.2) is 38.4 Å². The minimum absolute atomic E-state index is 0.0112. The lowest BCUT2D eigenvalue weighted by Gasteiger charge is -2.08. The van der Waals surface area contributed by atoms with Gasteiger partial charge in [-0.05, 0) is 31.3 Å². The molecule has 0 atom stereocenters. The highest BCUT2D eigenvalue weighted by molar-refractivity contribution is 7.89. The van der Waals surface area contributed by atoms with Crippen molar-refractivity contribution in [2.75, 3.05) is 18.9 Å². The minimum atomic E-state index is -3.64. The molecule has 0 saturated carbocycles. The molecule has 0 fully saturated rings. The average Bonchev–Trinajstić information content (AvgIpc) is 3.11. The van der Waals surface area contributed by atoms with Crippen molar-refractivity contribution in [3.63, 3.8) is 0 Å². The molecule has 2 amide bonds. The van der Waals surface area contributed by atoms with E-state index >= 15 is 0 Å². The molecule has 0 saturated heterocycles. The van der Waals surface area contributed by atoms with Crippen LogP contribution in [0.4, 0.5) is 5.69 Å². The van der Waals surface area contributed by atoms with Crippen molar-refractivity contribution in [1.82, 2.24) is 14.6 Å². The van der Waals surface area contributed by atoms with Crippen molar-refractivity contribution in [3.8, 4) is 6.07 Å². The molecular weight excluding hydrogens is 406 g/mol. The van der Waals surface area contributed by atoms with E-state index in [1.807, 2.05) is 18.2 Å². The summed E-state index contributed by atoms with van der Waals surface area (Å²) in [7, 11) is -2.34. The highest BCUT2D eigenvalue weighted by atomic mass is 32.2. The third-order valence-electron chi connectivity index (χ3n) is 4.38. The molecule has 0 aliphatic heterocycles. The number of carbonyl (C=O) groups is 2. The summed E-state index contributed by atoms with van der Waals surface area (Å²) in [5.41, 5.74) is 1.39. The van der Waals surface area contributed by atoms with E-state index in [0.29, 0.717) is 10.9 Å². The number of nitrogens with zero attached hydrogens (tertiary/aromatic N) is 2. The molecule has 154 valence electrons. The molecule has 1 aromatic heterocycles. The van der Waals surface area contributed by atoms with Gasteiger partial charge in [-0.15, -0.1) is 0 Å². The number of nitrogens with one attached hydrogen (secondary N) is 3. The predicted molar refractivity (Wildman–Crippen MR) is 111 cm³/mol. The van der Waals surface area contributed by atoms with Crippen molar-refractivity contribution < 1.29 is 18.0 Å². The van der Waals surface area contributed by atoms with Crippen molar-refractivity contribution >= 4 is 38.4 Å². The molecular formula is C20H19N5O4S. The van der Waals surface area contributed by atoms with Gasteiger partial charge in [0, 0.05) is 22.8 Å². The molecule has 2 aromatic carbocycles. The number of nitriles is 1. The van der Waals surface area contributed by atoms with Gasteiger partial charge in [-0.3, -0.25) is 9.59 Å². The Morgan fingerprint density at radius 3 is 2.63 bits per heavy atom. The summed E-state index contributed by atoms with van der Waals surface area (Å²) in [5, 5.41) is 14.7. The maximum atomic E-state index is 12.6. The second-order valence-corrected chi connectivity index (χ2v) is 8.20. The molecule has 0 aliphatic rings. The van der Waals surface area contributed by atoms with Crippen molar-refractivity contribution in [3.05, 3.63) is 60.3 Å². The number of aromatic nitrogens is 1. The van der Waals surface area contributed by atoms with E-state index in [2.05, 4.69) is 15.4 Å². The first kappa shape index (κ1) is 21.0. The molecule has 3 N–H and O–H groups in total. The SMILES string of the molecule is CNS(=O)(=O)c1cccc(NC(=O)CNC(=O)c2cn(CC#N)c3ccccc23)c1. The lowest BCUT2D eigenvalue weighted by molar-refractivity contribution is -0.115. The third kappa shape index (κ3) is 4.48. The summed E-state index contributed by atoms with van der Waals surface area (Å²) >= 11 is 0. The standard InChI is InChI=1S/C20H19N5O4S/c1-22-30(28,29)15-6-4-5-14(11-15)24-19(26)12-23-20(27)17-13-25(10-9-21)18-8-3-2-7-16(17)18/h2-8,11,13,22H,10,12H2,1H3,(H,23,27)(H,24,26). The van der Waals surface area contributed by atoms with Crippen LogP contribution in [0.15, 0.2) is 59.6 Å². The topological polar surface area (TPSA) is 133 Å². The Kier molecular flexibility index (Phi) is 6.15. The Balaban J connectivity index is 1.69. The Bertz CT molecular complexity index is 1260. The molecule has 9 nitrogen and oxygen atoms in total. The average molecular weight is 425 g/mol. The first-order chi connectivity index (χ1) is 14.4. The van der Waals surface area contributed by atoms with Crippen LogP contribution in [0.25, 0.3) is 10.9 Å². The van der Waals surface area contributed by atoms with E-state index in [9.17, 15) is 18.0 Å². The number of anilines is 1. The third-order valence-corrected chi connectivity index (χ3v) is 5.79. The summed E-state index contributed by atoms with van der Waals surface area (Å²) in [4.78, 5) is 24.8. The molecule has 10 heteroatoms. The molecule has 0 spiro atoms. The fraction of sp³-hybridized carbons (Fsp3) is 0.150. The van der Waals surface area contributed by atoms with Crippen LogP contribution < -0.4 is 15.4 Å². The minimum Gasteiger partial charge on any atom is -0.343 e. The van der Waals surface area contributed by atoms with Gasteiger partial charge in [0.25, 0.3) is 5.91 Å². The Morgan fingerprint density at radius 1 is 1.13 bits per heavy atom. The van der Waals surface area contributed by atoms with Gasteiger partial charge < -0.3 is 15.2 Å². The van der Waals surface area contributed by atoms with E-state index in [1.54, 1.807) is 29.0 Å². The molecule has 1 heterocycles. The van der Waals surface area contributed by atoms with Gasteiger partial charge in [-0.1, -0.05) is 24.3 Å². The second-order valence-electron chi connectivity index (χ2n) is 6.31. The van der Waals surface area contributed by atoms with Crippen LogP contribution in [0.2, 0.25) is 0 Å². The summed E-state index contributed by atoms with van der Waals surface area (Å²) in [6.45, 7) is -0.209. The molecule has 0 bridgehead atoms. The Labute approximate surface area is 173 Å². The maximum Gasteiger partial charge on any atom is 0.253 e. The van der Waals surface area contributed by atoms with Gasteiger partial charge in [0.2, 0.25) is 15.9 Å². The number of sulfonamides is 1. The smallest absolute Gasteiger partial charge is 0.253 e. The van der Waals surface area contributed by atoms with E-state index in [4.69, 9.17) is 5.26 Å². The number of carbonyl (C=O) groups excluding carboxylic acids is 2. The van der Waals surface area contributed by atoms with Crippen LogP contribution in [0, 0.1) is 11.3 Å². The van der Waals surface area contributed by atoms with Crippen LogP contribution >= 0.6 is 0 Å². The van der Waals surface area contributed by atoms with Gasteiger partial charge in [-0.2, -0.15) is 5.26 Å². The van der Waals surface area contributed by atoms with Gasteiger partial charge in [0.15, 0.2) is 0 Å². The summed E-state index contributed by atoms with van der Waals surface area (Å²) in [6.07, 6.45) is 1.58. The Hall–Kier alpha value is -3.68. The number of fused-ring (bicyclic) bond motifs is 1. The molecule has 0 aliphatic carbocycles. The monoisotopic (exact) mass is 425 g/mol.